The maximum absolute atomic E-state index is 12.8. The molecule has 45 heavy (non-hydrogen) atoms. The predicted octanol–water partition coefficient (Wildman–Crippen LogP) is 13.3. The highest BCUT2D eigenvalue weighted by atomic mass is 16.5. The van der Waals surface area contributed by atoms with E-state index in [2.05, 4.69) is 53.7 Å². The summed E-state index contributed by atoms with van der Waals surface area (Å²) in [4.78, 5) is 12.8. The average molecular weight is 625 g/mol. The van der Waals surface area contributed by atoms with E-state index in [9.17, 15) is 4.79 Å². The Labute approximate surface area is 281 Å². The second-order valence-electron chi connectivity index (χ2n) is 17.7. The van der Waals surface area contributed by atoms with Crippen LogP contribution < -0.4 is 0 Å². The molecule has 0 saturated heterocycles. The smallest absolute Gasteiger partial charge is 0.306 e. The number of fused-ring (bicyclic) bond motifs is 5. The van der Waals surface area contributed by atoms with Gasteiger partial charge in [-0.25, -0.2) is 0 Å². The molecule has 0 heterocycles. The van der Waals surface area contributed by atoms with Gasteiger partial charge in [0.05, 0.1) is 0 Å². The highest BCUT2D eigenvalue weighted by molar-refractivity contribution is 5.69. The summed E-state index contributed by atoms with van der Waals surface area (Å²) in [6.45, 7) is 15.0. The first-order valence-electron chi connectivity index (χ1n) is 20.5. The van der Waals surface area contributed by atoms with Crippen molar-refractivity contribution in [1.82, 2.24) is 0 Å². The van der Waals surface area contributed by atoms with E-state index < -0.39 is 0 Å². The zero-order valence-electron chi connectivity index (χ0n) is 31.1. The summed E-state index contributed by atoms with van der Waals surface area (Å²) < 4.78 is 6.15. The van der Waals surface area contributed by atoms with Crippen LogP contribution in [0, 0.1) is 52.3 Å². The van der Waals surface area contributed by atoms with Gasteiger partial charge in [-0.3, -0.25) is 4.79 Å². The van der Waals surface area contributed by atoms with Crippen LogP contribution in [0.1, 0.15) is 196 Å². The largest absolute Gasteiger partial charge is 0.462 e. The van der Waals surface area contributed by atoms with E-state index in [-0.39, 0.29) is 12.1 Å². The Morgan fingerprint density at radius 3 is 2.13 bits per heavy atom. The molecule has 0 aromatic heterocycles. The molecule has 2 heteroatoms. The van der Waals surface area contributed by atoms with Crippen molar-refractivity contribution in [1.29, 1.82) is 0 Å². The number of hydrogen-bond donors (Lipinski definition) is 0. The molecule has 4 fully saturated rings. The molecular formula is C43H76O2. The standard InChI is InChI=1S/C43H76O2/c1-7-8-9-10-11-12-13-14-15-16-17-18-19-23-41(44)45-36-28-30-42(5)35(32-36)24-25-37-39-27-26-38(34(4)22-20-21-33(2)3)43(39,6)31-29-40(37)42/h12-13,33-40H,7-11,14-32H2,1-6H3/b13-12-/t34-,35?,36?,37+,38-,39+,40+,42+,43-/m1/s1. The molecule has 0 aliphatic heterocycles. The molecule has 0 amide bonds. The van der Waals surface area contributed by atoms with Gasteiger partial charge in [0.15, 0.2) is 0 Å². The van der Waals surface area contributed by atoms with E-state index in [0.29, 0.717) is 17.3 Å². The van der Waals surface area contributed by atoms with Crippen molar-refractivity contribution in [3.8, 4) is 0 Å². The van der Waals surface area contributed by atoms with Gasteiger partial charge in [-0.05, 0) is 142 Å². The van der Waals surface area contributed by atoms with Gasteiger partial charge in [0.1, 0.15) is 6.10 Å². The molecule has 4 rings (SSSR count). The van der Waals surface area contributed by atoms with Gasteiger partial charge in [0.25, 0.3) is 0 Å². The molecule has 0 radical (unpaired) electrons. The number of unbranched alkanes of at least 4 members (excludes halogenated alkanes) is 9. The molecule has 0 N–H and O–H groups in total. The Morgan fingerprint density at radius 2 is 1.40 bits per heavy atom. The van der Waals surface area contributed by atoms with E-state index >= 15 is 0 Å². The third-order valence-electron chi connectivity index (χ3n) is 14.3. The van der Waals surface area contributed by atoms with E-state index in [1.807, 2.05) is 0 Å². The van der Waals surface area contributed by atoms with Crippen LogP contribution in [0.4, 0.5) is 0 Å². The Bertz CT molecular complexity index is 890. The summed E-state index contributed by atoms with van der Waals surface area (Å²) in [5, 5.41) is 0. The summed E-state index contributed by atoms with van der Waals surface area (Å²) >= 11 is 0. The van der Waals surface area contributed by atoms with Crippen LogP contribution in [0.2, 0.25) is 0 Å². The van der Waals surface area contributed by atoms with Crippen molar-refractivity contribution in [2.75, 3.05) is 0 Å². The van der Waals surface area contributed by atoms with Crippen molar-refractivity contribution in [2.45, 2.75) is 202 Å². The van der Waals surface area contributed by atoms with Gasteiger partial charge in [-0.2, -0.15) is 0 Å². The fourth-order valence-electron chi connectivity index (χ4n) is 11.6. The number of allylic oxidation sites excluding steroid dienone is 2. The van der Waals surface area contributed by atoms with Crippen LogP contribution in [-0.2, 0) is 9.53 Å². The fraction of sp³-hybridized carbons (Fsp3) is 0.930. The van der Waals surface area contributed by atoms with Gasteiger partial charge < -0.3 is 4.74 Å². The zero-order valence-corrected chi connectivity index (χ0v) is 31.1. The summed E-state index contributed by atoms with van der Waals surface area (Å²) in [6, 6.07) is 0. The summed E-state index contributed by atoms with van der Waals surface area (Å²) in [5.74, 6) is 6.33. The second-order valence-corrected chi connectivity index (χ2v) is 17.7. The van der Waals surface area contributed by atoms with Crippen LogP contribution >= 0.6 is 0 Å². The highest BCUT2D eigenvalue weighted by Crippen LogP contribution is 2.68. The Balaban J connectivity index is 1.13. The highest BCUT2D eigenvalue weighted by Gasteiger charge is 2.60. The molecule has 4 aliphatic rings. The minimum absolute atomic E-state index is 0.0799. The number of esters is 1. The van der Waals surface area contributed by atoms with Crippen LogP contribution in [0.15, 0.2) is 12.2 Å². The van der Waals surface area contributed by atoms with Gasteiger partial charge in [-0.15, -0.1) is 0 Å². The van der Waals surface area contributed by atoms with Crippen LogP contribution in [0.3, 0.4) is 0 Å². The molecule has 2 unspecified atom stereocenters. The lowest BCUT2D eigenvalue weighted by molar-refractivity contribution is -0.162. The quantitative estimate of drug-likeness (QED) is 0.0812. The third kappa shape index (κ3) is 9.87. The first kappa shape index (κ1) is 37.0. The molecule has 0 spiro atoms. The van der Waals surface area contributed by atoms with Crippen LogP contribution in [-0.4, -0.2) is 12.1 Å². The zero-order chi connectivity index (χ0) is 32.3. The van der Waals surface area contributed by atoms with Crippen molar-refractivity contribution in [3.63, 3.8) is 0 Å². The molecule has 0 aromatic rings. The summed E-state index contributed by atoms with van der Waals surface area (Å²) in [5.41, 5.74) is 1.05. The minimum atomic E-state index is 0.0799. The predicted molar refractivity (Wildman–Crippen MR) is 193 cm³/mol. The Kier molecular flexibility index (Phi) is 14.9. The normalized spacial score (nSPS) is 35.3. The summed E-state index contributed by atoms with van der Waals surface area (Å²) in [6.07, 6.45) is 36.0. The molecule has 4 saturated carbocycles. The van der Waals surface area contributed by atoms with Crippen molar-refractivity contribution >= 4 is 5.97 Å². The number of rotatable bonds is 19. The molecule has 9 atom stereocenters. The number of carbonyl (C=O) groups is 1. The minimum Gasteiger partial charge on any atom is -0.462 e. The lowest BCUT2D eigenvalue weighted by atomic mass is 9.44. The van der Waals surface area contributed by atoms with Crippen LogP contribution in [0.25, 0.3) is 0 Å². The maximum Gasteiger partial charge on any atom is 0.306 e. The van der Waals surface area contributed by atoms with Crippen molar-refractivity contribution in [3.05, 3.63) is 12.2 Å². The monoisotopic (exact) mass is 625 g/mol. The summed E-state index contributed by atoms with van der Waals surface area (Å²) in [7, 11) is 0. The molecule has 2 nitrogen and oxygen atoms in total. The van der Waals surface area contributed by atoms with E-state index in [4.69, 9.17) is 4.74 Å². The van der Waals surface area contributed by atoms with Crippen LogP contribution in [0.5, 0.6) is 0 Å². The van der Waals surface area contributed by atoms with Gasteiger partial charge >= 0.3 is 5.97 Å². The Hall–Kier alpha value is -0.790. The third-order valence-corrected chi connectivity index (χ3v) is 14.3. The lowest BCUT2D eigenvalue weighted by Gasteiger charge is -2.61. The number of hydrogen-bond acceptors (Lipinski definition) is 2. The lowest BCUT2D eigenvalue weighted by Crippen LogP contribution is -2.54. The number of ether oxygens (including phenoxy) is 1. The van der Waals surface area contributed by atoms with E-state index in [1.165, 1.54) is 128 Å². The fourth-order valence-corrected chi connectivity index (χ4v) is 11.6. The first-order valence-corrected chi connectivity index (χ1v) is 20.5. The van der Waals surface area contributed by atoms with E-state index in [1.54, 1.807) is 0 Å². The van der Waals surface area contributed by atoms with Gasteiger partial charge in [0, 0.05) is 6.42 Å². The Morgan fingerprint density at radius 1 is 0.733 bits per heavy atom. The molecule has 0 aromatic carbocycles. The van der Waals surface area contributed by atoms with Gasteiger partial charge in [0.2, 0.25) is 0 Å². The molecule has 0 bridgehead atoms. The van der Waals surface area contributed by atoms with E-state index in [0.717, 1.165) is 60.7 Å². The average Bonchev–Trinajstić information content (AvgIpc) is 3.37. The SMILES string of the molecule is CCCCCC/C=C\CCCCCCCC(=O)OC1CC[C@@]2(C)C(CC[C@H]3[C@@H]4CC[C@H]([C@H](C)CCCC(C)C)[C@@]4(C)CC[C@@H]32)C1. The first-order chi connectivity index (χ1) is 21.7. The molecule has 260 valence electrons. The van der Waals surface area contributed by atoms with Crippen molar-refractivity contribution in [2.24, 2.45) is 52.3 Å². The molecular weight excluding hydrogens is 548 g/mol. The topological polar surface area (TPSA) is 26.3 Å². The molecule has 4 aliphatic carbocycles. The van der Waals surface area contributed by atoms with Gasteiger partial charge in [-0.1, -0.05) is 111 Å². The number of carbonyl (C=O) groups excluding carboxylic acids is 1. The maximum atomic E-state index is 12.8. The van der Waals surface area contributed by atoms with Crippen molar-refractivity contribution < 1.29 is 9.53 Å². The second kappa shape index (κ2) is 18.1.